The van der Waals surface area contributed by atoms with Crippen molar-refractivity contribution in [3.05, 3.63) is 47.3 Å². The fourth-order valence-electron chi connectivity index (χ4n) is 2.79. The van der Waals surface area contributed by atoms with Crippen LogP contribution in [0.2, 0.25) is 0 Å². The van der Waals surface area contributed by atoms with Crippen LogP contribution < -0.4 is 5.32 Å². The maximum absolute atomic E-state index is 4.54. The number of aromatic nitrogens is 2. The molecule has 1 aromatic carbocycles. The van der Waals surface area contributed by atoms with Crippen LogP contribution >= 0.6 is 0 Å². The lowest BCUT2D eigenvalue weighted by Crippen LogP contribution is -2.22. The summed E-state index contributed by atoms with van der Waals surface area (Å²) in [5.41, 5.74) is 4.03. The Kier molecular flexibility index (Phi) is 3.08. The van der Waals surface area contributed by atoms with E-state index in [1.54, 1.807) is 0 Å². The molecule has 1 N–H and O–H groups in total. The Bertz CT molecular complexity index is 602. The Morgan fingerprint density at radius 1 is 1.20 bits per heavy atom. The average Bonchev–Trinajstić information content (AvgIpc) is 2.77. The second-order valence-corrected chi connectivity index (χ2v) is 6.76. The van der Waals surface area contributed by atoms with E-state index in [0.29, 0.717) is 6.04 Å². The molecule has 2 aromatic rings. The van der Waals surface area contributed by atoms with Crippen LogP contribution in [0, 0.1) is 6.92 Å². The number of benzene rings is 1. The summed E-state index contributed by atoms with van der Waals surface area (Å²) < 4.78 is 2.20. The van der Waals surface area contributed by atoms with Crippen LogP contribution in [0.1, 0.15) is 50.1 Å². The summed E-state index contributed by atoms with van der Waals surface area (Å²) in [5, 5.41) is 3.54. The highest BCUT2D eigenvalue weighted by Crippen LogP contribution is 2.30. The zero-order chi connectivity index (χ0) is 14.3. The normalized spacial score (nSPS) is 18.5. The molecular weight excluding hydrogens is 246 g/mol. The average molecular weight is 269 g/mol. The van der Waals surface area contributed by atoms with Crippen LogP contribution in [0.5, 0.6) is 0 Å². The quantitative estimate of drug-likeness (QED) is 0.846. The van der Waals surface area contributed by atoms with Crippen molar-refractivity contribution in [2.75, 3.05) is 5.32 Å². The molecule has 1 aliphatic heterocycles. The van der Waals surface area contributed by atoms with Gasteiger partial charge in [-0.1, -0.05) is 45.0 Å². The van der Waals surface area contributed by atoms with Crippen molar-refractivity contribution in [3.8, 4) is 0 Å². The first-order chi connectivity index (χ1) is 9.43. The van der Waals surface area contributed by atoms with Gasteiger partial charge in [-0.15, -0.1) is 0 Å². The van der Waals surface area contributed by atoms with Gasteiger partial charge in [0.1, 0.15) is 0 Å². The fraction of sp³-hybridized carbons (Fsp3) is 0.471. The molecule has 1 aliphatic rings. The minimum atomic E-state index is 0.214. The van der Waals surface area contributed by atoms with E-state index in [1.165, 1.54) is 11.1 Å². The molecule has 2 heterocycles. The number of nitrogens with one attached hydrogen (secondary N) is 1. The lowest BCUT2D eigenvalue weighted by atomic mass is 9.86. The maximum Gasteiger partial charge on any atom is 0.203 e. The molecule has 0 saturated heterocycles. The number of hydrogen-bond donors (Lipinski definition) is 1. The van der Waals surface area contributed by atoms with Crippen LogP contribution in [-0.4, -0.2) is 9.55 Å². The predicted octanol–water partition coefficient (Wildman–Crippen LogP) is 4.05. The van der Waals surface area contributed by atoms with Crippen molar-refractivity contribution in [3.63, 3.8) is 0 Å². The first kappa shape index (κ1) is 13.2. The smallest absolute Gasteiger partial charge is 0.203 e. The predicted molar refractivity (Wildman–Crippen MR) is 83.1 cm³/mol. The summed E-state index contributed by atoms with van der Waals surface area (Å²) in [6, 6.07) is 9.39. The van der Waals surface area contributed by atoms with E-state index in [2.05, 4.69) is 66.1 Å². The lowest BCUT2D eigenvalue weighted by Gasteiger charge is -2.26. The van der Waals surface area contributed by atoms with Crippen molar-refractivity contribution in [2.24, 2.45) is 0 Å². The van der Waals surface area contributed by atoms with E-state index in [-0.39, 0.29) is 5.41 Å². The van der Waals surface area contributed by atoms with Gasteiger partial charge in [0, 0.05) is 12.7 Å². The number of nitrogens with zero attached hydrogens (tertiary/aromatic N) is 2. The summed E-state index contributed by atoms with van der Waals surface area (Å²) in [5.74, 6) is 0.999. The lowest BCUT2D eigenvalue weighted by molar-refractivity contribution is 0.541. The minimum Gasteiger partial charge on any atom is -0.349 e. The summed E-state index contributed by atoms with van der Waals surface area (Å²) in [4.78, 5) is 4.54. The van der Waals surface area contributed by atoms with Crippen molar-refractivity contribution in [1.29, 1.82) is 0 Å². The van der Waals surface area contributed by atoms with Gasteiger partial charge in [-0.05, 0) is 29.9 Å². The number of anilines is 1. The first-order valence-corrected chi connectivity index (χ1v) is 7.34. The van der Waals surface area contributed by atoms with E-state index in [9.17, 15) is 0 Å². The van der Waals surface area contributed by atoms with Gasteiger partial charge in [-0.25, -0.2) is 4.98 Å². The number of rotatable bonds is 1. The van der Waals surface area contributed by atoms with E-state index in [1.807, 2.05) is 6.92 Å². The molecule has 0 spiro atoms. The largest absolute Gasteiger partial charge is 0.349 e. The molecule has 0 radical (unpaired) electrons. The number of fused-ring (bicyclic) bond motifs is 1. The van der Waals surface area contributed by atoms with E-state index in [0.717, 1.165) is 24.6 Å². The monoisotopic (exact) mass is 269 g/mol. The highest BCUT2D eigenvalue weighted by Gasteiger charge is 2.21. The number of aryl methyl sites for hydroxylation is 2. The first-order valence-electron chi connectivity index (χ1n) is 7.34. The second-order valence-electron chi connectivity index (χ2n) is 6.76. The molecule has 1 atom stereocenters. The van der Waals surface area contributed by atoms with Crippen molar-refractivity contribution in [1.82, 2.24) is 9.55 Å². The molecule has 0 bridgehead atoms. The molecule has 3 rings (SSSR count). The van der Waals surface area contributed by atoms with Gasteiger partial charge in [0.15, 0.2) is 0 Å². The summed E-state index contributed by atoms with van der Waals surface area (Å²) >= 11 is 0. The maximum atomic E-state index is 4.54. The highest BCUT2D eigenvalue weighted by atomic mass is 15.2. The van der Waals surface area contributed by atoms with Crippen molar-refractivity contribution < 1.29 is 0 Å². The molecule has 1 aromatic heterocycles. The Balaban J connectivity index is 1.81. The third-order valence-corrected chi connectivity index (χ3v) is 4.04. The van der Waals surface area contributed by atoms with Crippen molar-refractivity contribution >= 4 is 5.95 Å². The molecule has 3 heteroatoms. The third-order valence-electron chi connectivity index (χ3n) is 4.04. The number of imidazole rings is 1. The van der Waals surface area contributed by atoms with E-state index >= 15 is 0 Å². The molecule has 0 saturated carbocycles. The Labute approximate surface area is 121 Å². The molecule has 1 unspecified atom stereocenters. The van der Waals surface area contributed by atoms with Crippen molar-refractivity contribution in [2.45, 2.75) is 52.1 Å². The van der Waals surface area contributed by atoms with Gasteiger partial charge in [-0.3, -0.25) is 0 Å². The van der Waals surface area contributed by atoms with Crippen LogP contribution in [0.4, 0.5) is 5.95 Å². The summed E-state index contributed by atoms with van der Waals surface area (Å²) in [6.45, 7) is 9.83. The van der Waals surface area contributed by atoms with E-state index in [4.69, 9.17) is 0 Å². The Morgan fingerprint density at radius 2 is 1.90 bits per heavy atom. The highest BCUT2D eigenvalue weighted by molar-refractivity contribution is 5.38. The van der Waals surface area contributed by atoms with Crippen LogP contribution in [-0.2, 0) is 12.0 Å². The molecule has 0 aliphatic carbocycles. The zero-order valence-electron chi connectivity index (χ0n) is 12.8. The molecule has 0 fully saturated rings. The molecule has 20 heavy (non-hydrogen) atoms. The fourth-order valence-corrected chi connectivity index (χ4v) is 2.79. The van der Waals surface area contributed by atoms with E-state index < -0.39 is 0 Å². The SMILES string of the molecule is Cc1cn2c(n1)NC(c1ccc(C(C)(C)C)cc1)CC2. The number of hydrogen-bond acceptors (Lipinski definition) is 2. The van der Waals surface area contributed by atoms with Crippen LogP contribution in [0.15, 0.2) is 30.5 Å². The van der Waals surface area contributed by atoms with Crippen LogP contribution in [0.25, 0.3) is 0 Å². The minimum absolute atomic E-state index is 0.214. The molecule has 3 nitrogen and oxygen atoms in total. The topological polar surface area (TPSA) is 29.9 Å². The van der Waals surface area contributed by atoms with Gasteiger partial charge in [0.25, 0.3) is 0 Å². The van der Waals surface area contributed by atoms with Gasteiger partial charge in [0.2, 0.25) is 5.95 Å². The van der Waals surface area contributed by atoms with Gasteiger partial charge in [-0.2, -0.15) is 0 Å². The molecule has 106 valence electrons. The molecule has 0 amide bonds. The van der Waals surface area contributed by atoms with Gasteiger partial charge >= 0.3 is 0 Å². The zero-order valence-corrected chi connectivity index (χ0v) is 12.8. The summed E-state index contributed by atoms with van der Waals surface area (Å²) in [6.07, 6.45) is 3.22. The van der Waals surface area contributed by atoms with Crippen LogP contribution in [0.3, 0.4) is 0 Å². The van der Waals surface area contributed by atoms with Gasteiger partial charge in [0.05, 0.1) is 11.7 Å². The Hall–Kier alpha value is -1.77. The molecular formula is C17H23N3. The third kappa shape index (κ3) is 2.45. The summed E-state index contributed by atoms with van der Waals surface area (Å²) in [7, 11) is 0. The second kappa shape index (κ2) is 4.65. The standard InChI is InChI=1S/C17H23N3/c1-12-11-20-10-9-15(19-16(20)18-12)13-5-7-14(8-6-13)17(2,3)4/h5-8,11,15H,9-10H2,1-4H3,(H,18,19). The van der Waals surface area contributed by atoms with Gasteiger partial charge < -0.3 is 9.88 Å². The Morgan fingerprint density at radius 3 is 2.55 bits per heavy atom.